The highest BCUT2D eigenvalue weighted by Gasteiger charge is 2.22. The van der Waals surface area contributed by atoms with Crippen molar-refractivity contribution in [2.75, 3.05) is 43.1 Å². The normalized spacial score (nSPS) is 11.4. The van der Waals surface area contributed by atoms with Crippen LogP contribution in [-0.4, -0.2) is 54.0 Å². The van der Waals surface area contributed by atoms with Gasteiger partial charge in [0.05, 0.1) is 10.2 Å². The van der Waals surface area contributed by atoms with E-state index in [1.54, 1.807) is 34.9 Å². The van der Waals surface area contributed by atoms with Crippen molar-refractivity contribution in [1.82, 2.24) is 9.88 Å². The molecule has 0 aliphatic heterocycles. The molecular formula is C23H29N3OS3. The van der Waals surface area contributed by atoms with Crippen molar-refractivity contribution in [2.45, 2.75) is 30.6 Å². The highest BCUT2D eigenvalue weighted by molar-refractivity contribution is 7.99. The zero-order chi connectivity index (χ0) is 21.5. The van der Waals surface area contributed by atoms with E-state index in [9.17, 15) is 4.79 Å². The summed E-state index contributed by atoms with van der Waals surface area (Å²) in [6.45, 7) is 9.83. The number of thiazole rings is 1. The number of thioether (sulfide) groups is 2. The molecule has 0 bridgehead atoms. The molecule has 0 radical (unpaired) electrons. The van der Waals surface area contributed by atoms with Crippen molar-refractivity contribution in [3.05, 3.63) is 48.0 Å². The van der Waals surface area contributed by atoms with Gasteiger partial charge < -0.3 is 4.90 Å². The van der Waals surface area contributed by atoms with Crippen LogP contribution in [0, 0.1) is 0 Å². The second-order valence-electron chi connectivity index (χ2n) is 6.77. The van der Waals surface area contributed by atoms with Crippen LogP contribution in [0.4, 0.5) is 5.13 Å². The molecular weight excluding hydrogens is 430 g/mol. The molecule has 4 nitrogen and oxygen atoms in total. The molecule has 0 saturated carbocycles. The van der Waals surface area contributed by atoms with Crippen molar-refractivity contribution in [3.63, 3.8) is 0 Å². The van der Waals surface area contributed by atoms with Gasteiger partial charge in [-0.25, -0.2) is 4.98 Å². The summed E-state index contributed by atoms with van der Waals surface area (Å²) in [4.78, 5) is 24.9. The minimum atomic E-state index is 0.0184. The van der Waals surface area contributed by atoms with Crippen LogP contribution in [-0.2, 0) is 0 Å². The Hall–Kier alpha value is -1.54. The molecule has 0 aliphatic rings. The molecule has 0 saturated heterocycles. The predicted molar refractivity (Wildman–Crippen MR) is 134 cm³/mol. The number of carbonyl (C=O) groups excluding carboxylic acids is 1. The SMILES string of the molecule is CCSc1cccc(C(=O)N(CCN(CC)CC)c2nc3ccc(SC)cc3s2)c1. The predicted octanol–water partition coefficient (Wildman–Crippen LogP) is 6.12. The molecule has 30 heavy (non-hydrogen) atoms. The lowest BCUT2D eigenvalue weighted by molar-refractivity contribution is 0.0983. The van der Waals surface area contributed by atoms with Crippen LogP contribution in [0.5, 0.6) is 0 Å². The Balaban J connectivity index is 1.95. The largest absolute Gasteiger partial charge is 0.302 e. The Morgan fingerprint density at radius 3 is 2.53 bits per heavy atom. The van der Waals surface area contributed by atoms with Gasteiger partial charge in [-0.2, -0.15) is 0 Å². The number of hydrogen-bond donors (Lipinski definition) is 0. The molecule has 1 amide bonds. The van der Waals surface area contributed by atoms with Crippen LogP contribution in [0.15, 0.2) is 52.3 Å². The van der Waals surface area contributed by atoms with Gasteiger partial charge in [-0.15, -0.1) is 23.5 Å². The molecule has 160 valence electrons. The Morgan fingerprint density at radius 1 is 1.03 bits per heavy atom. The van der Waals surface area contributed by atoms with Gasteiger partial charge in [0.2, 0.25) is 0 Å². The number of aromatic nitrogens is 1. The number of carbonyl (C=O) groups is 1. The van der Waals surface area contributed by atoms with Crippen LogP contribution >= 0.6 is 34.9 Å². The summed E-state index contributed by atoms with van der Waals surface area (Å²) < 4.78 is 1.12. The van der Waals surface area contributed by atoms with Crippen molar-refractivity contribution in [3.8, 4) is 0 Å². The maximum Gasteiger partial charge on any atom is 0.260 e. The third-order valence-electron chi connectivity index (χ3n) is 4.99. The maximum atomic E-state index is 13.6. The zero-order valence-electron chi connectivity index (χ0n) is 18.1. The first-order chi connectivity index (χ1) is 14.6. The van der Waals surface area contributed by atoms with Crippen molar-refractivity contribution >= 4 is 56.1 Å². The monoisotopic (exact) mass is 459 g/mol. The van der Waals surface area contributed by atoms with E-state index in [4.69, 9.17) is 4.98 Å². The quantitative estimate of drug-likeness (QED) is 0.341. The van der Waals surface area contributed by atoms with E-state index < -0.39 is 0 Å². The number of likely N-dealkylation sites (N-methyl/N-ethyl adjacent to an activating group) is 1. The van der Waals surface area contributed by atoms with E-state index >= 15 is 0 Å². The van der Waals surface area contributed by atoms with Gasteiger partial charge in [-0.3, -0.25) is 9.69 Å². The van der Waals surface area contributed by atoms with Crippen molar-refractivity contribution < 1.29 is 4.79 Å². The fourth-order valence-corrected chi connectivity index (χ4v) is 5.50. The summed E-state index contributed by atoms with van der Waals surface area (Å²) >= 11 is 5.07. The van der Waals surface area contributed by atoms with E-state index in [0.29, 0.717) is 6.54 Å². The highest BCUT2D eigenvalue weighted by Crippen LogP contribution is 2.32. The molecule has 0 aliphatic carbocycles. The van der Waals surface area contributed by atoms with Crippen LogP contribution < -0.4 is 4.90 Å². The minimum absolute atomic E-state index is 0.0184. The van der Waals surface area contributed by atoms with E-state index in [2.05, 4.69) is 50.1 Å². The highest BCUT2D eigenvalue weighted by atomic mass is 32.2. The molecule has 0 N–H and O–H groups in total. The van der Waals surface area contributed by atoms with Crippen LogP contribution in [0.2, 0.25) is 0 Å². The summed E-state index contributed by atoms with van der Waals surface area (Å²) in [6.07, 6.45) is 2.07. The molecule has 1 aromatic heterocycles. The summed E-state index contributed by atoms with van der Waals surface area (Å²) in [5.74, 6) is 1.00. The summed E-state index contributed by atoms with van der Waals surface area (Å²) in [5.41, 5.74) is 1.67. The molecule has 0 spiro atoms. The third-order valence-corrected chi connectivity index (χ3v) is 7.63. The first kappa shape index (κ1) is 23.1. The van der Waals surface area contributed by atoms with Crippen LogP contribution in [0.3, 0.4) is 0 Å². The summed E-state index contributed by atoms with van der Waals surface area (Å²) in [7, 11) is 0. The lowest BCUT2D eigenvalue weighted by Crippen LogP contribution is -2.38. The van der Waals surface area contributed by atoms with Crippen LogP contribution in [0.25, 0.3) is 10.2 Å². The number of amides is 1. The van der Waals surface area contributed by atoms with E-state index in [0.717, 1.165) is 51.2 Å². The molecule has 1 heterocycles. The van der Waals surface area contributed by atoms with Gasteiger partial charge in [-0.1, -0.05) is 38.2 Å². The second-order valence-corrected chi connectivity index (χ2v) is 10.0. The first-order valence-corrected chi connectivity index (χ1v) is 13.3. The van der Waals surface area contributed by atoms with Gasteiger partial charge in [0.15, 0.2) is 5.13 Å². The maximum absolute atomic E-state index is 13.6. The molecule has 0 unspecified atom stereocenters. The van der Waals surface area contributed by atoms with Gasteiger partial charge in [0.25, 0.3) is 5.91 Å². The van der Waals surface area contributed by atoms with E-state index in [1.165, 1.54) is 4.90 Å². The molecule has 3 rings (SSSR count). The Bertz CT molecular complexity index is 985. The summed E-state index contributed by atoms with van der Waals surface area (Å²) in [5, 5.41) is 0.772. The number of anilines is 1. The van der Waals surface area contributed by atoms with E-state index in [1.807, 2.05) is 29.2 Å². The fraction of sp³-hybridized carbons (Fsp3) is 0.391. The molecule has 2 aromatic carbocycles. The molecule has 0 fully saturated rings. The average molecular weight is 460 g/mol. The van der Waals surface area contributed by atoms with Gasteiger partial charge >= 0.3 is 0 Å². The lowest BCUT2D eigenvalue weighted by atomic mass is 10.2. The van der Waals surface area contributed by atoms with Gasteiger partial charge in [-0.05, 0) is 61.5 Å². The van der Waals surface area contributed by atoms with Gasteiger partial charge in [0, 0.05) is 28.4 Å². The summed E-state index contributed by atoms with van der Waals surface area (Å²) in [6, 6.07) is 14.2. The minimum Gasteiger partial charge on any atom is -0.302 e. The first-order valence-electron chi connectivity index (χ1n) is 10.3. The number of rotatable bonds is 10. The molecule has 3 aromatic rings. The van der Waals surface area contributed by atoms with Crippen molar-refractivity contribution in [2.24, 2.45) is 0 Å². The number of benzene rings is 2. The topological polar surface area (TPSA) is 36.4 Å². The number of nitrogens with zero attached hydrogens (tertiary/aromatic N) is 3. The zero-order valence-corrected chi connectivity index (χ0v) is 20.5. The van der Waals surface area contributed by atoms with E-state index in [-0.39, 0.29) is 5.91 Å². The van der Waals surface area contributed by atoms with Gasteiger partial charge in [0.1, 0.15) is 0 Å². The smallest absolute Gasteiger partial charge is 0.260 e. The number of fused-ring (bicyclic) bond motifs is 1. The van der Waals surface area contributed by atoms with Crippen molar-refractivity contribution in [1.29, 1.82) is 0 Å². The standard InChI is InChI=1S/C23H29N3OS3/c1-5-25(6-2)13-14-26(22(27)17-9-8-10-19(15-17)29-7-3)23-24-20-12-11-18(28-4)16-21(20)30-23/h8-12,15-16H,5-7,13-14H2,1-4H3. The second kappa shape index (κ2) is 11.2. The number of hydrogen-bond acceptors (Lipinski definition) is 6. The molecule has 0 atom stereocenters. The fourth-order valence-electron chi connectivity index (χ4n) is 3.24. The molecule has 7 heteroatoms. The Kier molecular flexibility index (Phi) is 8.62. The Labute approximate surface area is 192 Å². The average Bonchev–Trinajstić information content (AvgIpc) is 3.19. The van der Waals surface area contributed by atoms with Crippen LogP contribution in [0.1, 0.15) is 31.1 Å². The Morgan fingerprint density at radius 2 is 1.83 bits per heavy atom. The third kappa shape index (κ3) is 5.58. The lowest BCUT2D eigenvalue weighted by Gasteiger charge is -2.25.